The molecule has 8 heteroatoms. The van der Waals surface area contributed by atoms with Crippen molar-refractivity contribution >= 4 is 40.2 Å². The maximum Gasteiger partial charge on any atom is 0.338 e. The molecular formula is C24H21ClN4O3. The number of esters is 1. The maximum absolute atomic E-state index is 12.0. The molecule has 0 bridgehead atoms. The fourth-order valence-corrected chi connectivity index (χ4v) is 3.57. The molecule has 4 rings (SSSR count). The molecule has 0 aliphatic heterocycles. The number of hydrogen-bond acceptors (Lipinski definition) is 7. The molecule has 0 radical (unpaired) electrons. The lowest BCUT2D eigenvalue weighted by Crippen LogP contribution is -2.06. The number of benzene rings is 3. The summed E-state index contributed by atoms with van der Waals surface area (Å²) in [6.07, 6.45) is 0. The number of carbonyl (C=O) groups is 1. The summed E-state index contributed by atoms with van der Waals surface area (Å²) in [7, 11) is 1.62. The Morgan fingerprint density at radius 2 is 1.94 bits per heavy atom. The predicted molar refractivity (Wildman–Crippen MR) is 125 cm³/mol. The topological polar surface area (TPSA) is 86.2 Å². The van der Waals surface area contributed by atoms with Crippen LogP contribution in [-0.2, 0) is 4.74 Å². The van der Waals surface area contributed by atoms with Crippen LogP contribution in [0.3, 0.4) is 0 Å². The van der Waals surface area contributed by atoms with Crippen molar-refractivity contribution < 1.29 is 14.3 Å². The maximum atomic E-state index is 12.0. The smallest absolute Gasteiger partial charge is 0.338 e. The van der Waals surface area contributed by atoms with Gasteiger partial charge in [0, 0.05) is 16.3 Å². The number of nitrogens with one attached hydrogen (secondary N) is 1. The van der Waals surface area contributed by atoms with Gasteiger partial charge in [0.2, 0.25) is 5.95 Å². The first-order valence-electron chi connectivity index (χ1n) is 10.0. The Balaban J connectivity index is 1.66. The predicted octanol–water partition coefficient (Wildman–Crippen LogP) is 5.58. The van der Waals surface area contributed by atoms with Crippen molar-refractivity contribution in [3.05, 3.63) is 70.7 Å². The summed E-state index contributed by atoms with van der Waals surface area (Å²) >= 11 is 6.41. The zero-order chi connectivity index (χ0) is 22.7. The van der Waals surface area contributed by atoms with Gasteiger partial charge in [0.1, 0.15) is 11.3 Å². The second kappa shape index (κ2) is 9.20. The number of hydrogen-bond donors (Lipinski definition) is 1. The first kappa shape index (κ1) is 21.5. The van der Waals surface area contributed by atoms with Gasteiger partial charge in [-0.25, -0.2) is 9.78 Å². The summed E-state index contributed by atoms with van der Waals surface area (Å²) in [6, 6.07) is 16.4. The minimum atomic E-state index is -0.381. The molecule has 0 aliphatic rings. The number of nitrogens with zero attached hydrogens (tertiary/aromatic N) is 3. The van der Waals surface area contributed by atoms with Crippen LogP contribution in [0.5, 0.6) is 5.75 Å². The van der Waals surface area contributed by atoms with Crippen LogP contribution < -0.4 is 10.1 Å². The molecule has 4 aromatic rings. The lowest BCUT2D eigenvalue weighted by atomic mass is 10.0. The monoisotopic (exact) mass is 448 g/mol. The molecule has 0 atom stereocenters. The van der Waals surface area contributed by atoms with Crippen LogP contribution in [0.4, 0.5) is 11.6 Å². The Bertz CT molecular complexity index is 1310. The van der Waals surface area contributed by atoms with Gasteiger partial charge in [-0.2, -0.15) is 0 Å². The van der Waals surface area contributed by atoms with Crippen molar-refractivity contribution in [1.82, 2.24) is 15.2 Å². The highest BCUT2D eigenvalue weighted by atomic mass is 35.5. The average Bonchev–Trinajstić information content (AvgIpc) is 2.80. The Labute approximate surface area is 190 Å². The number of aromatic nitrogens is 3. The highest BCUT2D eigenvalue weighted by Gasteiger charge is 2.12. The summed E-state index contributed by atoms with van der Waals surface area (Å²) in [4.78, 5) is 16.6. The Morgan fingerprint density at radius 3 is 2.72 bits per heavy atom. The van der Waals surface area contributed by atoms with E-state index in [1.54, 1.807) is 38.3 Å². The molecule has 3 aromatic carbocycles. The molecule has 0 saturated heterocycles. The van der Waals surface area contributed by atoms with E-state index in [0.29, 0.717) is 39.9 Å². The second-order valence-electron chi connectivity index (χ2n) is 7.07. The Kier molecular flexibility index (Phi) is 6.18. The van der Waals surface area contributed by atoms with Crippen LogP contribution in [-0.4, -0.2) is 34.9 Å². The minimum absolute atomic E-state index is 0.316. The Hall–Kier alpha value is -3.71. The highest BCUT2D eigenvalue weighted by Crippen LogP contribution is 2.34. The van der Waals surface area contributed by atoms with Crippen molar-refractivity contribution in [3.8, 4) is 16.9 Å². The summed E-state index contributed by atoms with van der Waals surface area (Å²) in [6.45, 7) is 4.04. The van der Waals surface area contributed by atoms with Crippen LogP contribution >= 0.6 is 11.6 Å². The van der Waals surface area contributed by atoms with Gasteiger partial charge < -0.3 is 14.8 Å². The van der Waals surface area contributed by atoms with Gasteiger partial charge in [-0.05, 0) is 73.5 Å². The third kappa shape index (κ3) is 4.48. The van der Waals surface area contributed by atoms with E-state index in [0.717, 1.165) is 22.4 Å². The normalized spacial score (nSPS) is 10.8. The zero-order valence-corrected chi connectivity index (χ0v) is 18.6. The van der Waals surface area contributed by atoms with Gasteiger partial charge >= 0.3 is 5.97 Å². The zero-order valence-electron chi connectivity index (χ0n) is 17.8. The van der Waals surface area contributed by atoms with Gasteiger partial charge in [0.15, 0.2) is 0 Å². The fourth-order valence-electron chi connectivity index (χ4n) is 3.34. The molecular weight excluding hydrogens is 428 g/mol. The van der Waals surface area contributed by atoms with E-state index in [4.69, 9.17) is 21.1 Å². The molecule has 0 aliphatic carbocycles. The lowest BCUT2D eigenvalue weighted by molar-refractivity contribution is 0.0526. The molecule has 1 heterocycles. The van der Waals surface area contributed by atoms with Crippen molar-refractivity contribution in [2.24, 2.45) is 0 Å². The van der Waals surface area contributed by atoms with Crippen molar-refractivity contribution in [2.45, 2.75) is 13.8 Å². The molecule has 0 saturated carbocycles. The van der Waals surface area contributed by atoms with E-state index in [9.17, 15) is 4.79 Å². The van der Waals surface area contributed by atoms with Gasteiger partial charge in [-0.15, -0.1) is 10.2 Å². The van der Waals surface area contributed by atoms with Crippen LogP contribution in [0.2, 0.25) is 5.02 Å². The molecule has 1 N–H and O–H groups in total. The van der Waals surface area contributed by atoms with Gasteiger partial charge in [0.25, 0.3) is 0 Å². The number of rotatable bonds is 6. The lowest BCUT2D eigenvalue weighted by Gasteiger charge is -2.11. The van der Waals surface area contributed by atoms with Gasteiger partial charge in [-0.3, -0.25) is 0 Å². The van der Waals surface area contributed by atoms with Crippen LogP contribution in [0.15, 0.2) is 54.6 Å². The quantitative estimate of drug-likeness (QED) is 0.385. The van der Waals surface area contributed by atoms with E-state index < -0.39 is 0 Å². The third-order valence-corrected chi connectivity index (χ3v) is 5.19. The number of anilines is 2. The van der Waals surface area contributed by atoms with Gasteiger partial charge in [0.05, 0.1) is 24.8 Å². The standard InChI is InChI=1S/C24H21ClN4O3/c1-4-32-23(30)15-6-5-7-17(11-15)26-24-27-22-14(2)10-16(12-21(22)28-29-24)19-13-18(31-3)8-9-20(19)25/h5-13H,4H2,1-3H3,(H,26,27,29). The van der Waals surface area contributed by atoms with Crippen molar-refractivity contribution in [1.29, 1.82) is 0 Å². The van der Waals surface area contributed by atoms with Crippen LogP contribution in [0.25, 0.3) is 22.2 Å². The first-order chi connectivity index (χ1) is 15.5. The van der Waals surface area contributed by atoms with Crippen molar-refractivity contribution in [2.75, 3.05) is 19.0 Å². The van der Waals surface area contributed by atoms with Crippen molar-refractivity contribution in [3.63, 3.8) is 0 Å². The fraction of sp³-hybridized carbons (Fsp3) is 0.167. The number of methoxy groups -OCH3 is 1. The summed E-state index contributed by atoms with van der Waals surface area (Å²) in [5, 5.41) is 12.3. The largest absolute Gasteiger partial charge is 0.497 e. The summed E-state index contributed by atoms with van der Waals surface area (Å²) in [5.41, 5.74) is 5.13. The Morgan fingerprint density at radius 1 is 1.09 bits per heavy atom. The molecule has 0 unspecified atom stereocenters. The molecule has 0 amide bonds. The minimum Gasteiger partial charge on any atom is -0.497 e. The van der Waals surface area contributed by atoms with Gasteiger partial charge in [-0.1, -0.05) is 17.7 Å². The van der Waals surface area contributed by atoms with Crippen LogP contribution in [0, 0.1) is 6.92 Å². The summed E-state index contributed by atoms with van der Waals surface area (Å²) < 4.78 is 10.4. The number of aryl methyl sites for hydroxylation is 1. The second-order valence-corrected chi connectivity index (χ2v) is 7.48. The number of halogens is 1. The molecule has 7 nitrogen and oxygen atoms in total. The highest BCUT2D eigenvalue weighted by molar-refractivity contribution is 6.33. The van der Waals surface area contributed by atoms with E-state index in [1.165, 1.54) is 0 Å². The summed E-state index contributed by atoms with van der Waals surface area (Å²) in [5.74, 6) is 0.665. The van der Waals surface area contributed by atoms with E-state index in [-0.39, 0.29) is 5.97 Å². The van der Waals surface area contributed by atoms with E-state index >= 15 is 0 Å². The number of ether oxygens (including phenoxy) is 2. The SMILES string of the molecule is CCOC(=O)c1cccc(Nc2nnc3cc(-c4cc(OC)ccc4Cl)cc(C)c3n2)c1. The van der Waals surface area contributed by atoms with Crippen LogP contribution in [0.1, 0.15) is 22.8 Å². The van der Waals surface area contributed by atoms with E-state index in [2.05, 4.69) is 20.5 Å². The average molecular weight is 449 g/mol. The third-order valence-electron chi connectivity index (χ3n) is 4.86. The molecule has 162 valence electrons. The molecule has 32 heavy (non-hydrogen) atoms. The number of fused-ring (bicyclic) bond motifs is 1. The first-order valence-corrected chi connectivity index (χ1v) is 10.4. The molecule has 0 fully saturated rings. The molecule has 1 aromatic heterocycles. The molecule has 0 spiro atoms. The number of carbonyl (C=O) groups excluding carboxylic acids is 1. The van der Waals surface area contributed by atoms with E-state index in [1.807, 2.05) is 37.3 Å².